The van der Waals surface area contributed by atoms with Gasteiger partial charge in [-0.25, -0.2) is 0 Å². The lowest BCUT2D eigenvalue weighted by molar-refractivity contribution is -0.144. The van der Waals surface area contributed by atoms with Crippen molar-refractivity contribution >= 4 is 11.7 Å². The lowest BCUT2D eigenvalue weighted by Gasteiger charge is -2.25. The minimum Gasteiger partial charge on any atom is -0.493 e. The first-order chi connectivity index (χ1) is 15.5. The predicted octanol–water partition coefficient (Wildman–Crippen LogP) is 5.21. The predicted molar refractivity (Wildman–Crippen MR) is 128 cm³/mol. The number of carbonyl (C=O) groups excluding carboxylic acids is 1. The molecule has 174 valence electrons. The molecule has 2 aromatic rings. The van der Waals surface area contributed by atoms with Crippen molar-refractivity contribution in [2.75, 3.05) is 27.4 Å². The molecule has 0 aliphatic carbocycles. The third kappa shape index (κ3) is 6.02. The number of ether oxygens (including phenoxy) is 4. The van der Waals surface area contributed by atoms with E-state index in [2.05, 4.69) is 0 Å². The monoisotopic (exact) mass is 441 g/mol. The summed E-state index contributed by atoms with van der Waals surface area (Å²) in [6, 6.07) is 11.8. The van der Waals surface area contributed by atoms with Crippen LogP contribution >= 0.6 is 0 Å². The van der Waals surface area contributed by atoms with Crippen LogP contribution < -0.4 is 14.2 Å². The lowest BCUT2D eigenvalue weighted by atomic mass is 9.86. The Hall–Kier alpha value is -3.02. The zero-order valence-corrected chi connectivity index (χ0v) is 20.2. The summed E-state index contributed by atoms with van der Waals surface area (Å²) in [5.74, 6) is 1.28. The average molecular weight is 442 g/mol. The van der Waals surface area contributed by atoms with Gasteiger partial charge in [0.05, 0.1) is 33.5 Å². The molecule has 32 heavy (non-hydrogen) atoms. The molecule has 0 amide bonds. The van der Waals surface area contributed by atoms with E-state index in [0.29, 0.717) is 31.1 Å². The number of aliphatic imine (C=N–C) groups is 1. The Kier molecular flexibility index (Phi) is 9.57. The third-order valence-corrected chi connectivity index (χ3v) is 4.92. The first kappa shape index (κ1) is 25.2. The minimum absolute atomic E-state index is 0.107. The molecule has 1 aliphatic heterocycles. The number of methoxy groups -OCH3 is 2. The first-order valence-electron chi connectivity index (χ1n) is 11.2. The van der Waals surface area contributed by atoms with Crippen molar-refractivity contribution in [3.63, 3.8) is 0 Å². The molecule has 1 atom stereocenters. The van der Waals surface area contributed by atoms with Gasteiger partial charge in [-0.2, -0.15) is 0 Å². The van der Waals surface area contributed by atoms with Gasteiger partial charge in [0.15, 0.2) is 11.5 Å². The smallest absolute Gasteiger partial charge is 0.315 e. The molecule has 0 fully saturated rings. The van der Waals surface area contributed by atoms with Gasteiger partial charge >= 0.3 is 5.97 Å². The van der Waals surface area contributed by atoms with E-state index >= 15 is 0 Å². The Bertz CT molecular complexity index is 936. The molecule has 1 unspecified atom stereocenters. The van der Waals surface area contributed by atoms with Crippen molar-refractivity contribution in [2.45, 2.75) is 53.1 Å². The molecule has 0 saturated carbocycles. The number of benzene rings is 2. The van der Waals surface area contributed by atoms with E-state index in [-0.39, 0.29) is 12.1 Å². The summed E-state index contributed by atoms with van der Waals surface area (Å²) >= 11 is 0. The van der Waals surface area contributed by atoms with Crippen LogP contribution in [0.2, 0.25) is 0 Å². The molecular weight excluding hydrogens is 406 g/mol. The zero-order valence-electron chi connectivity index (χ0n) is 20.2. The fraction of sp³-hybridized carbons (Fsp3) is 0.462. The van der Waals surface area contributed by atoms with Gasteiger partial charge in [0.2, 0.25) is 0 Å². The molecule has 2 aromatic carbocycles. The van der Waals surface area contributed by atoms with E-state index in [1.165, 1.54) is 0 Å². The van der Waals surface area contributed by atoms with Crippen molar-refractivity contribution in [1.82, 2.24) is 0 Å². The van der Waals surface area contributed by atoms with Gasteiger partial charge < -0.3 is 18.9 Å². The van der Waals surface area contributed by atoms with E-state index in [0.717, 1.165) is 28.2 Å². The molecule has 0 saturated heterocycles. The highest BCUT2D eigenvalue weighted by atomic mass is 16.5. The quantitative estimate of drug-likeness (QED) is 0.526. The van der Waals surface area contributed by atoms with Crippen molar-refractivity contribution in [1.29, 1.82) is 0 Å². The topological polar surface area (TPSA) is 66.4 Å². The summed E-state index contributed by atoms with van der Waals surface area (Å²) < 4.78 is 22.0. The Morgan fingerprint density at radius 3 is 2.41 bits per heavy atom. The summed E-state index contributed by atoms with van der Waals surface area (Å²) in [5.41, 5.74) is 3.72. The highest BCUT2D eigenvalue weighted by molar-refractivity contribution is 6.06. The SMILES string of the molecule is CC.CCOC(=O)C1CN=C(Cc2cccc(OC(C)C)c2)c2cc(OC)c(OC)cc21. The normalized spacial score (nSPS) is 14.5. The number of nitrogens with zero attached hydrogens (tertiary/aromatic N) is 1. The molecule has 0 radical (unpaired) electrons. The highest BCUT2D eigenvalue weighted by Crippen LogP contribution is 2.37. The Labute approximate surface area is 191 Å². The largest absolute Gasteiger partial charge is 0.493 e. The van der Waals surface area contributed by atoms with Gasteiger partial charge in [0.25, 0.3) is 0 Å². The van der Waals surface area contributed by atoms with E-state index in [4.69, 9.17) is 23.9 Å². The second-order valence-corrected chi connectivity index (χ2v) is 7.38. The van der Waals surface area contributed by atoms with E-state index in [1.807, 2.05) is 64.1 Å². The molecule has 6 nitrogen and oxygen atoms in total. The number of fused-ring (bicyclic) bond motifs is 1. The summed E-state index contributed by atoms with van der Waals surface area (Å²) in [7, 11) is 3.18. The van der Waals surface area contributed by atoms with Crippen molar-refractivity contribution in [3.8, 4) is 17.2 Å². The Balaban J connectivity index is 0.00000176. The fourth-order valence-electron chi connectivity index (χ4n) is 3.61. The maximum Gasteiger partial charge on any atom is 0.315 e. The van der Waals surface area contributed by atoms with Crippen LogP contribution in [0.1, 0.15) is 57.2 Å². The molecule has 6 heteroatoms. The summed E-state index contributed by atoms with van der Waals surface area (Å²) in [6.07, 6.45) is 0.725. The second-order valence-electron chi connectivity index (χ2n) is 7.38. The maximum atomic E-state index is 12.5. The number of carbonyl (C=O) groups is 1. The van der Waals surface area contributed by atoms with Crippen LogP contribution in [0.3, 0.4) is 0 Å². The van der Waals surface area contributed by atoms with Crippen molar-refractivity contribution < 1.29 is 23.7 Å². The average Bonchev–Trinajstić information content (AvgIpc) is 2.79. The van der Waals surface area contributed by atoms with Gasteiger partial charge in [-0.15, -0.1) is 0 Å². The van der Waals surface area contributed by atoms with Gasteiger partial charge in [0, 0.05) is 17.7 Å². The van der Waals surface area contributed by atoms with E-state index < -0.39 is 5.92 Å². The van der Waals surface area contributed by atoms with Crippen LogP contribution in [-0.4, -0.2) is 45.2 Å². The fourth-order valence-corrected chi connectivity index (χ4v) is 3.61. The van der Waals surface area contributed by atoms with Crippen LogP contribution in [0.4, 0.5) is 0 Å². The summed E-state index contributed by atoms with van der Waals surface area (Å²) in [5, 5.41) is 0. The van der Waals surface area contributed by atoms with Crippen LogP contribution in [0, 0.1) is 0 Å². The Morgan fingerprint density at radius 2 is 1.78 bits per heavy atom. The standard InChI is InChI=1S/C24H29NO5.C2H6/c1-6-29-24(26)20-14-25-21(11-16-8-7-9-17(10-16)30-15(2)3)19-13-23(28-5)22(27-4)12-18(19)20;1-2/h7-10,12-13,15,20H,6,11,14H2,1-5H3;1-2H3. The lowest BCUT2D eigenvalue weighted by Crippen LogP contribution is -2.26. The number of rotatable bonds is 8. The van der Waals surface area contributed by atoms with E-state index in [1.54, 1.807) is 21.1 Å². The van der Waals surface area contributed by atoms with Gasteiger partial charge in [-0.05, 0) is 56.2 Å². The van der Waals surface area contributed by atoms with Crippen LogP contribution in [0.15, 0.2) is 41.4 Å². The van der Waals surface area contributed by atoms with Crippen LogP contribution in [0.25, 0.3) is 0 Å². The third-order valence-electron chi connectivity index (χ3n) is 4.92. The van der Waals surface area contributed by atoms with Crippen LogP contribution in [-0.2, 0) is 16.0 Å². The Morgan fingerprint density at radius 1 is 1.09 bits per heavy atom. The summed E-state index contributed by atoms with van der Waals surface area (Å²) in [4.78, 5) is 17.3. The second kappa shape index (κ2) is 12.1. The summed E-state index contributed by atoms with van der Waals surface area (Å²) in [6.45, 7) is 10.5. The molecule has 0 bridgehead atoms. The number of hydrogen-bond acceptors (Lipinski definition) is 6. The minimum atomic E-state index is -0.459. The maximum absolute atomic E-state index is 12.5. The zero-order chi connectivity index (χ0) is 23.7. The van der Waals surface area contributed by atoms with Crippen molar-refractivity contribution in [2.24, 2.45) is 4.99 Å². The number of esters is 1. The van der Waals surface area contributed by atoms with E-state index in [9.17, 15) is 4.79 Å². The van der Waals surface area contributed by atoms with Gasteiger partial charge in [-0.1, -0.05) is 26.0 Å². The molecule has 1 heterocycles. The highest BCUT2D eigenvalue weighted by Gasteiger charge is 2.31. The molecule has 1 aliphatic rings. The number of hydrogen-bond donors (Lipinski definition) is 0. The molecule has 0 N–H and O–H groups in total. The molecule has 3 rings (SSSR count). The first-order valence-corrected chi connectivity index (χ1v) is 11.2. The van der Waals surface area contributed by atoms with Crippen LogP contribution in [0.5, 0.6) is 17.2 Å². The van der Waals surface area contributed by atoms with Gasteiger partial charge in [-0.3, -0.25) is 9.79 Å². The molecule has 0 aromatic heterocycles. The van der Waals surface area contributed by atoms with Crippen molar-refractivity contribution in [3.05, 3.63) is 53.1 Å². The molecule has 0 spiro atoms. The molecular formula is C26H35NO5. The van der Waals surface area contributed by atoms with Gasteiger partial charge in [0.1, 0.15) is 11.7 Å².